The van der Waals surface area contributed by atoms with E-state index in [1.54, 1.807) is 12.1 Å². The van der Waals surface area contributed by atoms with E-state index in [0.717, 1.165) is 28.7 Å². The van der Waals surface area contributed by atoms with Crippen molar-refractivity contribution in [3.63, 3.8) is 0 Å². The van der Waals surface area contributed by atoms with Gasteiger partial charge in [0.2, 0.25) is 17.8 Å². The summed E-state index contributed by atoms with van der Waals surface area (Å²) in [4.78, 5) is 91.2. The molecule has 2 atom stereocenters. The van der Waals surface area contributed by atoms with E-state index in [1.165, 1.54) is 30.3 Å². The molecule has 5 aliphatic rings. The smallest absolute Gasteiger partial charge is 0.342 e. The normalized spacial score (nSPS) is 20.3. The van der Waals surface area contributed by atoms with Gasteiger partial charge in [0.05, 0.1) is 67.7 Å². The predicted molar refractivity (Wildman–Crippen MR) is 250 cm³/mol. The SMILES string of the molecule is CCC(C)Oc1cc(C(=O)NC2CCN(CCOCCOCCNc3cccc4c3C(=O)N(C3CCC(=O)NC3=O)C4=O)CC2)c(F)cc1Nc1ncc2c(n1)N(C1CCCC1)CC(F)(F)C(=O)N2C. The number of anilines is 5. The van der Waals surface area contributed by atoms with Crippen LogP contribution < -0.4 is 35.8 Å². The number of benzene rings is 2. The summed E-state index contributed by atoms with van der Waals surface area (Å²) >= 11 is 0. The summed E-state index contributed by atoms with van der Waals surface area (Å²) in [5.41, 5.74) is 0.882. The lowest BCUT2D eigenvalue weighted by Gasteiger charge is -2.32. The van der Waals surface area contributed by atoms with Crippen molar-refractivity contribution in [1.29, 1.82) is 0 Å². The highest BCUT2D eigenvalue weighted by Gasteiger charge is 2.49. The van der Waals surface area contributed by atoms with Crippen molar-refractivity contribution >= 4 is 64.3 Å². The lowest BCUT2D eigenvalue weighted by atomic mass is 10.0. The molecule has 2 unspecified atom stereocenters. The molecule has 0 spiro atoms. The molecule has 1 saturated carbocycles. The molecule has 2 saturated heterocycles. The van der Waals surface area contributed by atoms with Crippen LogP contribution in [0.1, 0.15) is 103 Å². The van der Waals surface area contributed by atoms with Crippen LogP contribution in [-0.4, -0.2) is 152 Å². The Hall–Kier alpha value is -6.39. The molecule has 1 aliphatic carbocycles. The van der Waals surface area contributed by atoms with Gasteiger partial charge in [-0.2, -0.15) is 13.8 Å². The zero-order chi connectivity index (χ0) is 49.7. The molecule has 4 aliphatic heterocycles. The minimum atomic E-state index is -3.64. The number of imide groups is 2. The van der Waals surface area contributed by atoms with E-state index in [2.05, 4.69) is 36.1 Å². The van der Waals surface area contributed by atoms with Gasteiger partial charge >= 0.3 is 5.92 Å². The van der Waals surface area contributed by atoms with Crippen molar-refractivity contribution in [2.45, 2.75) is 102 Å². The number of hydrogen-bond donors (Lipinski definition) is 4. The fraction of sp³-hybridized carbons (Fsp3) is 0.542. The molecule has 2 aromatic carbocycles. The summed E-state index contributed by atoms with van der Waals surface area (Å²) in [5, 5.41) is 11.3. The van der Waals surface area contributed by atoms with E-state index >= 15 is 13.2 Å². The Morgan fingerprint density at radius 2 is 1.70 bits per heavy atom. The van der Waals surface area contributed by atoms with Gasteiger partial charge in [0.25, 0.3) is 23.6 Å². The quantitative estimate of drug-likeness (QED) is 0.0951. The van der Waals surface area contributed by atoms with Crippen molar-refractivity contribution in [3.8, 4) is 5.75 Å². The number of nitrogens with one attached hydrogen (secondary N) is 4. The molecule has 5 heterocycles. The summed E-state index contributed by atoms with van der Waals surface area (Å²) in [5.74, 6) is -8.35. The lowest BCUT2D eigenvalue weighted by molar-refractivity contribution is -0.140. The zero-order valence-corrected chi connectivity index (χ0v) is 39.5. The van der Waals surface area contributed by atoms with Gasteiger partial charge in [-0.1, -0.05) is 25.8 Å². The van der Waals surface area contributed by atoms with Crippen molar-refractivity contribution in [3.05, 3.63) is 59.0 Å². The topological polar surface area (TPSA) is 217 Å². The second kappa shape index (κ2) is 21.7. The van der Waals surface area contributed by atoms with Crippen molar-refractivity contribution in [2.75, 3.05) is 86.6 Å². The number of carbonyl (C=O) groups is 6. The van der Waals surface area contributed by atoms with Crippen LogP contribution in [0.5, 0.6) is 5.75 Å². The molecule has 19 nitrogen and oxygen atoms in total. The average Bonchev–Trinajstić information content (AvgIpc) is 3.95. The van der Waals surface area contributed by atoms with E-state index < -0.39 is 59.8 Å². The molecule has 3 fully saturated rings. The summed E-state index contributed by atoms with van der Waals surface area (Å²) < 4.78 is 63.8. The number of piperidine rings is 2. The predicted octanol–water partition coefficient (Wildman–Crippen LogP) is 4.64. The number of carbonyl (C=O) groups excluding carboxylic acids is 6. The Morgan fingerprint density at radius 3 is 2.43 bits per heavy atom. The molecule has 3 aromatic rings. The minimum absolute atomic E-state index is 0.0231. The fourth-order valence-electron chi connectivity index (χ4n) is 9.45. The monoisotopic (exact) mass is 976 g/mol. The van der Waals surface area contributed by atoms with E-state index in [1.807, 2.05) is 13.8 Å². The number of aromatic nitrogens is 2. The van der Waals surface area contributed by atoms with E-state index in [4.69, 9.17) is 14.2 Å². The fourth-order valence-corrected chi connectivity index (χ4v) is 9.45. The number of alkyl halides is 2. The molecule has 6 amide bonds. The third-order valence-corrected chi connectivity index (χ3v) is 13.5. The van der Waals surface area contributed by atoms with Crippen LogP contribution in [0.25, 0.3) is 0 Å². The van der Waals surface area contributed by atoms with Gasteiger partial charge in [-0.3, -0.25) is 39.0 Å². The number of rotatable bonds is 19. The molecule has 22 heteroatoms. The number of fused-ring (bicyclic) bond motifs is 2. The van der Waals surface area contributed by atoms with E-state index in [-0.39, 0.29) is 76.6 Å². The molecule has 4 N–H and O–H groups in total. The lowest BCUT2D eigenvalue weighted by Crippen LogP contribution is -2.54. The number of ether oxygens (including phenoxy) is 3. The van der Waals surface area contributed by atoms with E-state index in [9.17, 15) is 28.8 Å². The minimum Gasteiger partial charge on any atom is -0.489 e. The third-order valence-electron chi connectivity index (χ3n) is 13.5. The average molecular weight is 977 g/mol. The van der Waals surface area contributed by atoms with Crippen LogP contribution in [0, 0.1) is 5.82 Å². The molecule has 0 bridgehead atoms. The second-order valence-corrected chi connectivity index (χ2v) is 18.2. The number of likely N-dealkylation sites (tertiary alicyclic amines) is 1. The Morgan fingerprint density at radius 1 is 0.957 bits per heavy atom. The third kappa shape index (κ3) is 11.0. The largest absolute Gasteiger partial charge is 0.489 e. The van der Waals surface area contributed by atoms with Gasteiger partial charge in [0.1, 0.15) is 23.3 Å². The number of nitrogens with zero attached hydrogens (tertiary/aromatic N) is 6. The van der Waals surface area contributed by atoms with Crippen LogP contribution in [0.4, 0.5) is 42.0 Å². The number of halogens is 3. The van der Waals surface area contributed by atoms with Crippen LogP contribution in [0.15, 0.2) is 36.5 Å². The van der Waals surface area contributed by atoms with Crippen LogP contribution >= 0.6 is 0 Å². The van der Waals surface area contributed by atoms with Gasteiger partial charge in [-0.15, -0.1) is 0 Å². The van der Waals surface area contributed by atoms with Crippen LogP contribution in [0.2, 0.25) is 0 Å². The summed E-state index contributed by atoms with van der Waals surface area (Å²) in [6.45, 7) is 6.74. The van der Waals surface area contributed by atoms with Crippen LogP contribution in [-0.2, 0) is 23.9 Å². The van der Waals surface area contributed by atoms with E-state index in [0.29, 0.717) is 90.4 Å². The Labute approximate surface area is 403 Å². The zero-order valence-electron chi connectivity index (χ0n) is 39.5. The molecule has 70 heavy (non-hydrogen) atoms. The second-order valence-electron chi connectivity index (χ2n) is 18.2. The summed E-state index contributed by atoms with van der Waals surface area (Å²) in [6.07, 6.45) is 6.07. The Kier molecular flexibility index (Phi) is 15.5. The van der Waals surface area contributed by atoms with Crippen molar-refractivity contribution < 1.29 is 56.1 Å². The number of hydrogen-bond acceptors (Lipinski definition) is 15. The highest BCUT2D eigenvalue weighted by Crippen LogP contribution is 2.41. The highest BCUT2D eigenvalue weighted by atomic mass is 19.3. The molecule has 8 rings (SSSR count). The Balaban J connectivity index is 0.776. The first kappa shape index (κ1) is 50.0. The first-order valence-electron chi connectivity index (χ1n) is 24.0. The summed E-state index contributed by atoms with van der Waals surface area (Å²) in [6, 6.07) is 5.85. The molecular weight excluding hydrogens is 918 g/mol. The van der Waals surface area contributed by atoms with Gasteiger partial charge in [-0.05, 0) is 63.6 Å². The van der Waals surface area contributed by atoms with Crippen molar-refractivity contribution in [2.24, 2.45) is 0 Å². The maximum absolute atomic E-state index is 15.9. The first-order valence-corrected chi connectivity index (χ1v) is 24.0. The summed E-state index contributed by atoms with van der Waals surface area (Å²) in [7, 11) is 1.27. The first-order chi connectivity index (χ1) is 33.6. The highest BCUT2D eigenvalue weighted by molar-refractivity contribution is 6.25. The Bertz CT molecular complexity index is 2490. The molecule has 0 radical (unpaired) electrons. The molecular formula is C48H59F3N10O9. The number of amides is 6. The van der Waals surface area contributed by atoms with Gasteiger partial charge in [0.15, 0.2) is 5.82 Å². The van der Waals surface area contributed by atoms with Gasteiger partial charge < -0.3 is 44.9 Å². The maximum Gasteiger partial charge on any atom is 0.342 e. The van der Waals surface area contributed by atoms with Gasteiger partial charge in [-0.25, -0.2) is 9.37 Å². The van der Waals surface area contributed by atoms with Crippen LogP contribution in [0.3, 0.4) is 0 Å². The molecule has 1 aromatic heterocycles. The molecule has 376 valence electrons. The maximum atomic E-state index is 15.9. The standard InChI is InChI=1S/C48H59F3N10O9/c1-4-28(2)70-38-24-32(33(49)25-35(38)55-47-53-26-37-41(57-47)60(30-8-5-6-9-30)27-48(50,51)46(67)58(37)3)42(63)54-29-14-17-59(18-15-29)19-21-69-23-22-68-20-16-52-34-11-7-10-31-40(34)45(66)61(44(31)65)36-12-13-39(62)56-43(36)64/h7,10-11,24-26,28-30,36,52H,4-6,8-9,12-23,27H2,1-3H3,(H,54,63)(H,53,55,57)(H,56,62,64). The van der Waals surface area contributed by atoms with Gasteiger partial charge in [0, 0.05) is 63.5 Å². The van der Waals surface area contributed by atoms with Crippen molar-refractivity contribution in [1.82, 2.24) is 30.4 Å².